The fourth-order valence-electron chi connectivity index (χ4n) is 2.58. The molecule has 0 aliphatic carbocycles. The quantitative estimate of drug-likeness (QED) is 0.834. The molecule has 0 aromatic heterocycles. The first-order chi connectivity index (χ1) is 9.19. The summed E-state index contributed by atoms with van der Waals surface area (Å²) in [6.07, 6.45) is 5.20. The van der Waals surface area contributed by atoms with Crippen molar-refractivity contribution >= 4 is 11.8 Å². The molecule has 1 saturated heterocycles. The normalized spacial score (nSPS) is 19.5. The van der Waals surface area contributed by atoms with Crippen molar-refractivity contribution in [3.63, 3.8) is 0 Å². The summed E-state index contributed by atoms with van der Waals surface area (Å²) < 4.78 is 0. The number of likely N-dealkylation sites (tertiary alicyclic amines) is 1. The molecule has 3 heteroatoms. The molecule has 2 nitrogen and oxygen atoms in total. The maximum atomic E-state index is 10.2. The minimum atomic E-state index is -0.324. The van der Waals surface area contributed by atoms with E-state index in [1.54, 1.807) is 11.8 Å². The molecule has 1 aliphatic rings. The molecular weight excluding hydrogens is 254 g/mol. The van der Waals surface area contributed by atoms with E-state index < -0.39 is 0 Å². The fourth-order valence-corrected chi connectivity index (χ4v) is 2.99. The van der Waals surface area contributed by atoms with E-state index in [9.17, 15) is 5.11 Å². The second-order valence-corrected chi connectivity index (χ2v) is 6.48. The van der Waals surface area contributed by atoms with Crippen molar-refractivity contribution in [2.75, 3.05) is 25.9 Å². The van der Waals surface area contributed by atoms with Gasteiger partial charge in [-0.3, -0.25) is 0 Å². The highest BCUT2D eigenvalue weighted by Gasteiger charge is 2.16. The summed E-state index contributed by atoms with van der Waals surface area (Å²) >= 11 is 1.74. The Kier molecular flexibility index (Phi) is 5.74. The van der Waals surface area contributed by atoms with Crippen molar-refractivity contribution < 1.29 is 5.11 Å². The Morgan fingerprint density at radius 2 is 1.89 bits per heavy atom. The van der Waals surface area contributed by atoms with E-state index in [0.29, 0.717) is 0 Å². The van der Waals surface area contributed by atoms with Gasteiger partial charge < -0.3 is 10.0 Å². The predicted molar refractivity (Wildman–Crippen MR) is 82.6 cm³/mol. The average Bonchev–Trinajstić information content (AvgIpc) is 2.46. The average molecular weight is 279 g/mol. The molecule has 0 radical (unpaired) electrons. The van der Waals surface area contributed by atoms with Crippen molar-refractivity contribution in [2.45, 2.75) is 37.2 Å². The summed E-state index contributed by atoms with van der Waals surface area (Å²) in [4.78, 5) is 3.74. The monoisotopic (exact) mass is 279 g/mol. The minimum Gasteiger partial charge on any atom is -0.388 e. The molecule has 1 N–H and O–H groups in total. The molecule has 1 unspecified atom stereocenters. The standard InChI is InChI=1S/C16H25NOS/c1-13-7-10-17(11-8-13)12-9-16(18)14-3-5-15(19-2)6-4-14/h3-6,13,16,18H,7-12H2,1-2H3. The molecule has 19 heavy (non-hydrogen) atoms. The SMILES string of the molecule is CSc1ccc(C(O)CCN2CCC(C)CC2)cc1. The van der Waals surface area contributed by atoms with Crippen LogP contribution in [0.2, 0.25) is 0 Å². The number of aliphatic hydroxyl groups excluding tert-OH is 1. The Labute approximate surface area is 121 Å². The third-order valence-corrected chi connectivity index (χ3v) is 4.84. The van der Waals surface area contributed by atoms with Crippen molar-refractivity contribution in [1.29, 1.82) is 0 Å². The van der Waals surface area contributed by atoms with Crippen LogP contribution in [0.1, 0.15) is 37.9 Å². The van der Waals surface area contributed by atoms with Crippen LogP contribution in [0.25, 0.3) is 0 Å². The lowest BCUT2D eigenvalue weighted by Gasteiger charge is -2.30. The molecule has 106 valence electrons. The molecule has 1 aliphatic heterocycles. The maximum absolute atomic E-state index is 10.2. The number of benzene rings is 1. The van der Waals surface area contributed by atoms with Crippen LogP contribution in [0.5, 0.6) is 0 Å². The molecule has 1 aromatic rings. The second-order valence-electron chi connectivity index (χ2n) is 5.60. The lowest BCUT2D eigenvalue weighted by molar-refractivity contribution is 0.125. The van der Waals surface area contributed by atoms with Gasteiger partial charge in [0.1, 0.15) is 0 Å². The van der Waals surface area contributed by atoms with Gasteiger partial charge in [-0.25, -0.2) is 0 Å². The molecule has 1 fully saturated rings. The summed E-state index contributed by atoms with van der Waals surface area (Å²) in [6, 6.07) is 8.28. The van der Waals surface area contributed by atoms with Crippen LogP contribution in [-0.2, 0) is 0 Å². The van der Waals surface area contributed by atoms with Crippen molar-refractivity contribution in [3.05, 3.63) is 29.8 Å². The van der Waals surface area contributed by atoms with Crippen molar-refractivity contribution in [3.8, 4) is 0 Å². The van der Waals surface area contributed by atoms with Gasteiger partial charge in [-0.15, -0.1) is 11.8 Å². The van der Waals surface area contributed by atoms with Gasteiger partial charge in [0, 0.05) is 11.4 Å². The van der Waals surface area contributed by atoms with Crippen LogP contribution in [0.15, 0.2) is 29.2 Å². The number of hydrogen-bond donors (Lipinski definition) is 1. The van der Waals surface area contributed by atoms with Gasteiger partial charge >= 0.3 is 0 Å². The zero-order chi connectivity index (χ0) is 13.7. The van der Waals surface area contributed by atoms with Crippen molar-refractivity contribution in [1.82, 2.24) is 4.90 Å². The lowest BCUT2D eigenvalue weighted by Crippen LogP contribution is -2.34. The summed E-state index contributed by atoms with van der Waals surface area (Å²) in [6.45, 7) is 5.73. The first kappa shape index (κ1) is 14.9. The third kappa shape index (κ3) is 4.51. The number of rotatable bonds is 5. The Morgan fingerprint density at radius 1 is 1.26 bits per heavy atom. The Bertz CT molecular complexity index is 371. The lowest BCUT2D eigenvalue weighted by atomic mass is 9.98. The van der Waals surface area contributed by atoms with Crippen LogP contribution in [0, 0.1) is 5.92 Å². The van der Waals surface area contributed by atoms with E-state index in [4.69, 9.17) is 0 Å². The maximum Gasteiger partial charge on any atom is 0.0802 e. The van der Waals surface area contributed by atoms with Crippen LogP contribution in [-0.4, -0.2) is 35.9 Å². The number of thioether (sulfide) groups is 1. The van der Waals surface area contributed by atoms with Gasteiger partial charge in [0.25, 0.3) is 0 Å². The highest BCUT2D eigenvalue weighted by atomic mass is 32.2. The summed E-state index contributed by atoms with van der Waals surface area (Å²) in [5.41, 5.74) is 1.04. The first-order valence-corrected chi connectivity index (χ1v) is 8.46. The van der Waals surface area contributed by atoms with Gasteiger partial charge in [-0.1, -0.05) is 19.1 Å². The van der Waals surface area contributed by atoms with E-state index in [2.05, 4.69) is 42.3 Å². The van der Waals surface area contributed by atoms with E-state index in [1.807, 2.05) is 0 Å². The fraction of sp³-hybridized carbons (Fsp3) is 0.625. The Hall–Kier alpha value is -0.510. The minimum absolute atomic E-state index is 0.324. The number of nitrogens with zero attached hydrogens (tertiary/aromatic N) is 1. The van der Waals surface area contributed by atoms with Gasteiger partial charge in [0.15, 0.2) is 0 Å². The smallest absolute Gasteiger partial charge is 0.0802 e. The van der Waals surface area contributed by atoms with E-state index in [1.165, 1.54) is 30.8 Å². The second kappa shape index (κ2) is 7.32. The topological polar surface area (TPSA) is 23.5 Å². The summed E-state index contributed by atoms with van der Waals surface area (Å²) in [5, 5.41) is 10.2. The largest absolute Gasteiger partial charge is 0.388 e. The predicted octanol–water partition coefficient (Wildman–Crippen LogP) is 3.56. The molecule has 0 bridgehead atoms. The summed E-state index contributed by atoms with van der Waals surface area (Å²) in [5.74, 6) is 0.875. The van der Waals surface area contributed by atoms with Gasteiger partial charge in [0.2, 0.25) is 0 Å². The Balaban J connectivity index is 1.78. The molecule has 0 amide bonds. The molecule has 0 saturated carbocycles. The molecule has 1 heterocycles. The first-order valence-electron chi connectivity index (χ1n) is 7.23. The Morgan fingerprint density at radius 3 is 2.47 bits per heavy atom. The molecule has 0 spiro atoms. The van der Waals surface area contributed by atoms with Crippen molar-refractivity contribution in [2.24, 2.45) is 5.92 Å². The van der Waals surface area contributed by atoms with Gasteiger partial charge in [-0.2, -0.15) is 0 Å². The zero-order valence-electron chi connectivity index (χ0n) is 12.0. The number of aliphatic hydroxyl groups is 1. The molecular formula is C16H25NOS. The van der Waals surface area contributed by atoms with Crippen LogP contribution in [0.3, 0.4) is 0 Å². The third-order valence-electron chi connectivity index (χ3n) is 4.10. The van der Waals surface area contributed by atoms with E-state index in [-0.39, 0.29) is 6.10 Å². The molecule has 1 atom stereocenters. The highest BCUT2D eigenvalue weighted by molar-refractivity contribution is 7.98. The van der Waals surface area contributed by atoms with E-state index >= 15 is 0 Å². The highest BCUT2D eigenvalue weighted by Crippen LogP contribution is 2.22. The van der Waals surface area contributed by atoms with Crippen LogP contribution >= 0.6 is 11.8 Å². The molecule has 1 aromatic carbocycles. The van der Waals surface area contributed by atoms with Crippen LogP contribution in [0.4, 0.5) is 0 Å². The van der Waals surface area contributed by atoms with E-state index in [0.717, 1.165) is 24.4 Å². The summed E-state index contributed by atoms with van der Waals surface area (Å²) in [7, 11) is 0. The zero-order valence-corrected chi connectivity index (χ0v) is 12.8. The van der Waals surface area contributed by atoms with Gasteiger partial charge in [-0.05, 0) is 62.2 Å². The van der Waals surface area contributed by atoms with Crippen LogP contribution < -0.4 is 0 Å². The number of piperidine rings is 1. The molecule has 2 rings (SSSR count). The van der Waals surface area contributed by atoms with Gasteiger partial charge in [0.05, 0.1) is 6.10 Å². The number of hydrogen-bond acceptors (Lipinski definition) is 3.